The van der Waals surface area contributed by atoms with Gasteiger partial charge in [0.1, 0.15) is 0 Å². The van der Waals surface area contributed by atoms with Gasteiger partial charge < -0.3 is 18.9 Å². The zero-order valence-electron chi connectivity index (χ0n) is 23.5. The summed E-state index contributed by atoms with van der Waals surface area (Å²) in [6.45, 7) is 10.1. The van der Waals surface area contributed by atoms with E-state index in [-0.39, 0.29) is 50.4 Å². The van der Waals surface area contributed by atoms with Gasteiger partial charge in [0.15, 0.2) is 0 Å². The van der Waals surface area contributed by atoms with Crippen molar-refractivity contribution in [2.45, 2.75) is 46.0 Å². The highest BCUT2D eigenvalue weighted by atomic mass is 32.2. The number of carbonyl (C=O) groups excluding carboxylic acids is 4. The summed E-state index contributed by atoms with van der Waals surface area (Å²) < 4.78 is 18.1. The van der Waals surface area contributed by atoms with Crippen molar-refractivity contribution in [3.8, 4) is 0 Å². The van der Waals surface area contributed by atoms with Crippen LogP contribution in [-0.4, -0.2) is 59.8 Å². The second kappa shape index (κ2) is 15.3. The van der Waals surface area contributed by atoms with Crippen molar-refractivity contribution in [2.75, 3.05) is 26.4 Å². The second-order valence-electron chi connectivity index (χ2n) is 8.72. The van der Waals surface area contributed by atoms with Crippen LogP contribution in [0.25, 0.3) is 0 Å². The van der Waals surface area contributed by atoms with Crippen LogP contribution in [0.5, 0.6) is 0 Å². The Bertz CT molecular complexity index is 1290. The van der Waals surface area contributed by atoms with E-state index in [0.29, 0.717) is 9.79 Å². The van der Waals surface area contributed by atoms with E-state index >= 15 is 0 Å². The molecule has 2 unspecified atom stereocenters. The van der Waals surface area contributed by atoms with Gasteiger partial charge in [-0.2, -0.15) is 0 Å². The Kier molecular flexibility index (Phi) is 11.9. The third-order valence-electron chi connectivity index (χ3n) is 6.18. The van der Waals surface area contributed by atoms with Gasteiger partial charge in [-0.1, -0.05) is 73.1 Å². The first-order chi connectivity index (χ1) is 20.3. The number of hydrogen-bond acceptors (Lipinski definition) is 10. The highest BCUT2D eigenvalue weighted by molar-refractivity contribution is 8.02. The topological polar surface area (TPSA) is 105 Å². The van der Waals surface area contributed by atoms with Gasteiger partial charge in [0.25, 0.3) is 0 Å². The maximum Gasteiger partial charge on any atom is 0.339 e. The maximum atomic E-state index is 13.9. The van der Waals surface area contributed by atoms with Crippen LogP contribution >= 0.6 is 23.5 Å². The van der Waals surface area contributed by atoms with Crippen molar-refractivity contribution < 1.29 is 38.1 Å². The van der Waals surface area contributed by atoms with Crippen LogP contribution in [-0.2, 0) is 38.1 Å². The smallest absolute Gasteiger partial charge is 0.339 e. The lowest BCUT2D eigenvalue weighted by molar-refractivity contribution is -0.157. The average Bonchev–Trinajstić information content (AvgIpc) is 3.00. The second-order valence-corrected chi connectivity index (χ2v) is 11.3. The molecule has 1 fully saturated rings. The Morgan fingerprint density at radius 1 is 0.738 bits per heavy atom. The molecule has 0 amide bonds. The van der Waals surface area contributed by atoms with E-state index in [0.717, 1.165) is 23.5 Å². The first kappa shape index (κ1) is 32.6. The first-order valence-corrected chi connectivity index (χ1v) is 14.9. The molecule has 0 spiro atoms. The maximum absolute atomic E-state index is 13.9. The highest BCUT2D eigenvalue weighted by Crippen LogP contribution is 2.45. The molecule has 0 N–H and O–H groups in total. The Morgan fingerprint density at radius 3 is 1.40 bits per heavy atom. The van der Waals surface area contributed by atoms with Gasteiger partial charge in [-0.3, -0.25) is 0 Å². The van der Waals surface area contributed by atoms with E-state index in [4.69, 9.17) is 18.9 Å². The largest absolute Gasteiger partial charge is 0.464 e. The lowest BCUT2D eigenvalue weighted by atomic mass is 9.94. The van der Waals surface area contributed by atoms with Crippen LogP contribution in [0.4, 0.5) is 0 Å². The summed E-state index contributed by atoms with van der Waals surface area (Å²) in [4.78, 5) is 56.1. The van der Waals surface area contributed by atoms with Crippen molar-refractivity contribution in [3.05, 3.63) is 96.4 Å². The van der Waals surface area contributed by atoms with Crippen LogP contribution in [0.15, 0.2) is 106 Å². The van der Waals surface area contributed by atoms with E-state index in [1.54, 1.807) is 74.5 Å². The molecule has 1 heterocycles. The number of benzene rings is 2. The first-order valence-electron chi connectivity index (χ1n) is 13.3. The van der Waals surface area contributed by atoms with Gasteiger partial charge in [0.05, 0.1) is 26.4 Å². The standard InChI is InChI=1S/C32H32O8S2/c1-5-23-19-21-39-30(36)32(28(34)38-8-4,42-26-17-13-10-14-18-26)24(6-2)20-22-40-29(35)31(23,27(33)37-7-3)41-25-15-11-9-12-16-25/h9-18H,1-2,7-8,19-22H2,3-4H3. The minimum absolute atomic E-state index is 0.00470. The quantitative estimate of drug-likeness (QED) is 0.166. The summed E-state index contributed by atoms with van der Waals surface area (Å²) in [6.07, 6.45) is -0.268. The Morgan fingerprint density at radius 2 is 1.10 bits per heavy atom. The monoisotopic (exact) mass is 608 g/mol. The summed E-state index contributed by atoms with van der Waals surface area (Å²) in [6, 6.07) is 17.6. The lowest BCUT2D eigenvalue weighted by Gasteiger charge is -2.33. The van der Waals surface area contributed by atoms with Crippen molar-refractivity contribution in [2.24, 2.45) is 0 Å². The fourth-order valence-corrected chi connectivity index (χ4v) is 6.68. The molecule has 8 nitrogen and oxygen atoms in total. The number of carbonyl (C=O) groups is 4. The molecule has 0 radical (unpaired) electrons. The molecule has 0 aliphatic carbocycles. The zero-order chi connectivity index (χ0) is 30.6. The lowest BCUT2D eigenvalue weighted by Crippen LogP contribution is -2.50. The zero-order valence-corrected chi connectivity index (χ0v) is 25.1. The number of esters is 4. The van der Waals surface area contributed by atoms with E-state index in [1.165, 1.54) is 0 Å². The van der Waals surface area contributed by atoms with Gasteiger partial charge in [0.2, 0.25) is 9.49 Å². The van der Waals surface area contributed by atoms with Crippen molar-refractivity contribution in [3.63, 3.8) is 0 Å². The minimum Gasteiger partial charge on any atom is -0.464 e. The summed E-state index contributed by atoms with van der Waals surface area (Å²) in [5, 5.41) is 0. The number of ether oxygens (including phenoxy) is 4. The molecule has 2 aromatic carbocycles. The van der Waals surface area contributed by atoms with Crippen LogP contribution < -0.4 is 0 Å². The molecule has 2 aromatic rings. The Labute approximate surface area is 253 Å². The van der Waals surface area contributed by atoms with E-state index < -0.39 is 33.4 Å². The van der Waals surface area contributed by atoms with Gasteiger partial charge in [-0.05, 0) is 38.1 Å². The molecule has 0 bridgehead atoms. The van der Waals surface area contributed by atoms with Gasteiger partial charge in [-0.25, -0.2) is 19.2 Å². The van der Waals surface area contributed by atoms with E-state index in [1.807, 2.05) is 0 Å². The SMILES string of the molecule is C=C=C1CCOC(=O)C(Sc2ccccc2)(C(=O)OCC)C(=C=C)CCOC(=O)C1(Sc1ccccc1)C(=O)OCC. The summed E-state index contributed by atoms with van der Waals surface area (Å²) in [5.74, 6) is -3.54. The normalized spacial score (nSPS) is 21.4. The molecular formula is C32H32O8S2. The molecular weight excluding hydrogens is 576 g/mol. The van der Waals surface area contributed by atoms with E-state index in [2.05, 4.69) is 24.6 Å². The third kappa shape index (κ3) is 6.92. The number of cyclic esters (lactones) is 2. The Hall–Kier alpha value is -3.94. The van der Waals surface area contributed by atoms with Gasteiger partial charge in [0, 0.05) is 33.8 Å². The van der Waals surface area contributed by atoms with Gasteiger partial charge in [-0.15, -0.1) is 11.5 Å². The number of thioether (sulfide) groups is 2. The Balaban J connectivity index is 2.12. The fourth-order valence-electron chi connectivity index (χ4n) is 4.22. The molecule has 0 aromatic heterocycles. The predicted octanol–water partition coefficient (Wildman–Crippen LogP) is 5.48. The molecule has 1 aliphatic heterocycles. The molecule has 2 atom stereocenters. The molecule has 0 saturated carbocycles. The molecule has 220 valence electrons. The molecule has 10 heteroatoms. The summed E-state index contributed by atoms with van der Waals surface area (Å²) >= 11 is 1.86. The number of rotatable bonds is 8. The van der Waals surface area contributed by atoms with E-state index in [9.17, 15) is 19.2 Å². The van der Waals surface area contributed by atoms with Crippen molar-refractivity contribution in [1.82, 2.24) is 0 Å². The molecule has 1 saturated heterocycles. The predicted molar refractivity (Wildman–Crippen MR) is 160 cm³/mol. The van der Waals surface area contributed by atoms with Crippen LogP contribution in [0.2, 0.25) is 0 Å². The molecule has 1 aliphatic rings. The molecule has 3 rings (SSSR count). The van der Waals surface area contributed by atoms with Gasteiger partial charge >= 0.3 is 23.9 Å². The fraction of sp³-hybridized carbons (Fsp3) is 0.312. The van der Waals surface area contributed by atoms with Crippen LogP contribution in [0.1, 0.15) is 26.7 Å². The average molecular weight is 609 g/mol. The third-order valence-corrected chi connectivity index (χ3v) is 8.96. The summed E-state index contributed by atoms with van der Waals surface area (Å²) in [5.41, 5.74) is 5.61. The minimum atomic E-state index is -2.01. The van der Waals surface area contributed by atoms with Crippen LogP contribution in [0, 0.1) is 0 Å². The van der Waals surface area contributed by atoms with Crippen LogP contribution in [0.3, 0.4) is 0 Å². The number of hydrogen-bond donors (Lipinski definition) is 0. The summed E-state index contributed by atoms with van der Waals surface area (Å²) in [7, 11) is 0. The van der Waals surface area contributed by atoms with Crippen molar-refractivity contribution in [1.29, 1.82) is 0 Å². The van der Waals surface area contributed by atoms with Crippen molar-refractivity contribution >= 4 is 47.4 Å². The highest BCUT2D eigenvalue weighted by Gasteiger charge is 2.56. The molecule has 42 heavy (non-hydrogen) atoms.